The zero-order chi connectivity index (χ0) is 19.9. The molecule has 4 rings (SSSR count). The van der Waals surface area contributed by atoms with Crippen molar-refractivity contribution >= 4 is 28.0 Å². The minimum absolute atomic E-state index is 1.15. The minimum Gasteiger partial charge on any atom is -0.195 e. The van der Waals surface area contributed by atoms with E-state index >= 15 is 0 Å². The number of hydrogen-bond acceptors (Lipinski definition) is 0. The summed E-state index contributed by atoms with van der Waals surface area (Å²) >= 11 is 0. The van der Waals surface area contributed by atoms with Gasteiger partial charge in [-0.1, -0.05) is 129 Å². The molecule has 4 aromatic carbocycles. The molecule has 0 spiro atoms. The molecule has 0 aliphatic heterocycles. The van der Waals surface area contributed by atoms with Crippen LogP contribution in [0.25, 0.3) is 0 Å². The van der Waals surface area contributed by atoms with E-state index in [1.54, 1.807) is 0 Å². The second kappa shape index (κ2) is 8.96. The molecule has 0 saturated heterocycles. The van der Waals surface area contributed by atoms with Gasteiger partial charge in [-0.05, 0) is 18.4 Å². The lowest BCUT2D eigenvalue weighted by atomic mass is 9.13. The van der Waals surface area contributed by atoms with Crippen LogP contribution in [0.2, 0.25) is 0 Å². The van der Waals surface area contributed by atoms with E-state index in [9.17, 15) is 0 Å². The molecule has 0 unspecified atom stereocenters. The van der Waals surface area contributed by atoms with Crippen LogP contribution in [0.15, 0.2) is 115 Å². The highest BCUT2D eigenvalue weighted by atomic mass is 14.1. The molecule has 0 heterocycles. The minimum atomic E-state index is -1.25. The second-order valence-electron chi connectivity index (χ2n) is 7.94. The smallest absolute Gasteiger partial charge is 0.108 e. The summed E-state index contributed by atoms with van der Waals surface area (Å²) in [7, 11) is 0. The summed E-state index contributed by atoms with van der Waals surface area (Å²) in [6.07, 6.45) is 2.38. The van der Waals surface area contributed by atoms with Crippen LogP contribution in [-0.2, 0) is 6.42 Å². The van der Waals surface area contributed by atoms with Crippen LogP contribution in [0.4, 0.5) is 0 Å². The quantitative estimate of drug-likeness (QED) is 0.420. The third kappa shape index (κ3) is 3.78. The summed E-state index contributed by atoms with van der Waals surface area (Å²) < 4.78 is 0. The summed E-state index contributed by atoms with van der Waals surface area (Å²) in [5, 5.41) is 0. The molecule has 0 nitrogen and oxygen atoms in total. The van der Waals surface area contributed by atoms with E-state index in [-0.39, 0.29) is 0 Å². The molecule has 1 heteroatoms. The van der Waals surface area contributed by atoms with Gasteiger partial charge in [0.05, 0.1) is 0 Å². The van der Waals surface area contributed by atoms with Crippen molar-refractivity contribution in [2.45, 2.75) is 26.2 Å². The Balaban J connectivity index is 1.98. The van der Waals surface area contributed by atoms with Gasteiger partial charge >= 0.3 is 0 Å². The Morgan fingerprint density at radius 2 is 0.862 bits per heavy atom. The van der Waals surface area contributed by atoms with Gasteiger partial charge in [-0.3, -0.25) is 0 Å². The van der Waals surface area contributed by atoms with Gasteiger partial charge in [0, 0.05) is 0 Å². The third-order valence-corrected chi connectivity index (χ3v) is 6.20. The number of hydrogen-bond donors (Lipinski definition) is 0. The van der Waals surface area contributed by atoms with Crippen LogP contribution in [-0.4, -0.2) is 6.15 Å². The number of unbranched alkanes of at least 4 members (excludes halogenated alkanes) is 1. The number of rotatable bonds is 7. The lowest BCUT2D eigenvalue weighted by molar-refractivity contribution is 0.795. The van der Waals surface area contributed by atoms with E-state index in [1.807, 2.05) is 0 Å². The zero-order valence-electron chi connectivity index (χ0n) is 17.2. The molecule has 29 heavy (non-hydrogen) atoms. The van der Waals surface area contributed by atoms with E-state index in [4.69, 9.17) is 0 Å². The summed E-state index contributed by atoms with van der Waals surface area (Å²) in [6, 6.07) is 42.4. The molecule has 144 valence electrons. The summed E-state index contributed by atoms with van der Waals surface area (Å²) in [4.78, 5) is 0. The molecule has 0 fully saturated rings. The monoisotopic (exact) mass is 375 g/mol. The molecule has 0 bridgehead atoms. The average Bonchev–Trinajstić information content (AvgIpc) is 2.81. The Labute approximate surface area is 175 Å². The SMILES string of the molecule is CCCCc1ccc([B-](c2ccccc2)(c2ccccc2)c2ccccc2)cc1. The molecule has 0 radical (unpaired) electrons. The highest BCUT2D eigenvalue weighted by Crippen LogP contribution is 2.11. The van der Waals surface area contributed by atoms with E-state index < -0.39 is 6.15 Å². The van der Waals surface area contributed by atoms with Crippen LogP contribution in [0, 0.1) is 0 Å². The van der Waals surface area contributed by atoms with Gasteiger partial charge < -0.3 is 0 Å². The maximum absolute atomic E-state index is 2.36. The predicted octanol–water partition coefficient (Wildman–Crippen LogP) is 4.41. The Bertz CT molecular complexity index is 909. The van der Waals surface area contributed by atoms with E-state index in [0.717, 1.165) is 6.42 Å². The van der Waals surface area contributed by atoms with E-state index in [1.165, 1.54) is 40.3 Å². The van der Waals surface area contributed by atoms with Crippen molar-refractivity contribution in [3.63, 3.8) is 0 Å². The molecule has 0 amide bonds. The molecule has 0 aliphatic carbocycles. The molecular formula is C28H28B-. The van der Waals surface area contributed by atoms with Gasteiger partial charge in [0.2, 0.25) is 0 Å². The maximum Gasteiger partial charge on any atom is 0.108 e. The molecule has 0 N–H and O–H groups in total. The van der Waals surface area contributed by atoms with E-state index in [2.05, 4.69) is 122 Å². The first-order valence-corrected chi connectivity index (χ1v) is 10.8. The predicted molar refractivity (Wildman–Crippen MR) is 129 cm³/mol. The highest BCUT2D eigenvalue weighted by molar-refractivity contribution is 7.19. The number of aryl methyl sites for hydroxylation is 1. The van der Waals surface area contributed by atoms with Crippen molar-refractivity contribution in [3.8, 4) is 0 Å². The van der Waals surface area contributed by atoms with Crippen LogP contribution < -0.4 is 21.9 Å². The van der Waals surface area contributed by atoms with Crippen LogP contribution >= 0.6 is 0 Å². The van der Waals surface area contributed by atoms with Gasteiger partial charge in [0.15, 0.2) is 0 Å². The molecule has 0 saturated carbocycles. The summed E-state index contributed by atoms with van der Waals surface area (Å²) in [5.41, 5.74) is 6.85. The lowest BCUT2D eigenvalue weighted by Crippen LogP contribution is -2.74. The van der Waals surface area contributed by atoms with Gasteiger partial charge in [0.1, 0.15) is 6.15 Å². The maximum atomic E-state index is 2.36. The van der Waals surface area contributed by atoms with Crippen molar-refractivity contribution in [1.29, 1.82) is 0 Å². The van der Waals surface area contributed by atoms with Gasteiger partial charge in [0.25, 0.3) is 0 Å². The first-order valence-electron chi connectivity index (χ1n) is 10.8. The van der Waals surface area contributed by atoms with Crippen molar-refractivity contribution < 1.29 is 0 Å². The molecule has 0 atom stereocenters. The van der Waals surface area contributed by atoms with Crippen LogP contribution in [0.1, 0.15) is 25.3 Å². The van der Waals surface area contributed by atoms with Crippen molar-refractivity contribution in [1.82, 2.24) is 0 Å². The van der Waals surface area contributed by atoms with Gasteiger partial charge in [-0.15, -0.1) is 0 Å². The Morgan fingerprint density at radius 1 is 0.483 bits per heavy atom. The average molecular weight is 375 g/mol. The Hall–Kier alpha value is -3.06. The largest absolute Gasteiger partial charge is 0.195 e. The summed E-state index contributed by atoms with van der Waals surface area (Å²) in [6.45, 7) is 2.25. The normalized spacial score (nSPS) is 11.3. The molecule has 4 aromatic rings. The van der Waals surface area contributed by atoms with Crippen molar-refractivity contribution in [2.24, 2.45) is 0 Å². The van der Waals surface area contributed by atoms with Gasteiger partial charge in [-0.2, -0.15) is 21.9 Å². The highest BCUT2D eigenvalue weighted by Gasteiger charge is 2.31. The standard InChI is InChI=1S/C28H28B/c1-2-3-13-24-20-22-28(23-21-24)29(25-14-7-4-8-15-25,26-16-9-5-10-17-26)27-18-11-6-12-19-27/h4-12,14-23H,2-3,13H2,1H3/q-1. The Morgan fingerprint density at radius 3 is 1.24 bits per heavy atom. The lowest BCUT2D eigenvalue weighted by Gasteiger charge is -2.44. The number of benzene rings is 4. The van der Waals surface area contributed by atoms with Crippen molar-refractivity contribution in [2.75, 3.05) is 0 Å². The van der Waals surface area contributed by atoms with E-state index in [0.29, 0.717) is 0 Å². The molecular weight excluding hydrogens is 347 g/mol. The fourth-order valence-corrected chi connectivity index (χ4v) is 4.73. The summed E-state index contributed by atoms with van der Waals surface area (Å²) in [5.74, 6) is 0. The van der Waals surface area contributed by atoms with Crippen LogP contribution in [0.5, 0.6) is 0 Å². The third-order valence-electron chi connectivity index (χ3n) is 6.20. The second-order valence-corrected chi connectivity index (χ2v) is 7.94. The topological polar surface area (TPSA) is 0 Å². The fourth-order valence-electron chi connectivity index (χ4n) is 4.73. The van der Waals surface area contributed by atoms with Crippen LogP contribution in [0.3, 0.4) is 0 Å². The fraction of sp³-hybridized carbons (Fsp3) is 0.143. The zero-order valence-corrected chi connectivity index (χ0v) is 17.2. The Kier molecular flexibility index (Phi) is 5.96. The van der Waals surface area contributed by atoms with Crippen molar-refractivity contribution in [3.05, 3.63) is 121 Å². The first-order chi connectivity index (χ1) is 14.4. The van der Waals surface area contributed by atoms with Gasteiger partial charge in [-0.25, -0.2) is 0 Å². The molecule has 0 aliphatic rings. The first kappa shape index (κ1) is 19.3. The molecule has 0 aromatic heterocycles.